The summed E-state index contributed by atoms with van der Waals surface area (Å²) < 4.78 is 0. The second-order valence-electron chi connectivity index (χ2n) is 3.64. The van der Waals surface area contributed by atoms with Gasteiger partial charge >= 0.3 is 0 Å². The van der Waals surface area contributed by atoms with E-state index in [2.05, 4.69) is 26.8 Å². The second-order valence-corrected chi connectivity index (χ2v) is 4.04. The van der Waals surface area contributed by atoms with Gasteiger partial charge in [-0.3, -0.25) is 0 Å². The second kappa shape index (κ2) is 4.63. The molecule has 0 atom stereocenters. The first-order valence-corrected chi connectivity index (χ1v) is 5.07. The van der Waals surface area contributed by atoms with Gasteiger partial charge in [-0.2, -0.15) is 0 Å². The third kappa shape index (κ3) is 2.37. The molecule has 0 bridgehead atoms. The molecule has 2 N–H and O–H groups in total. The van der Waals surface area contributed by atoms with Crippen LogP contribution in [0.5, 0.6) is 0 Å². The minimum Gasteiger partial charge on any atom is -0.326 e. The molecule has 1 aromatic carbocycles. The third-order valence-corrected chi connectivity index (χ3v) is 2.82. The fourth-order valence-corrected chi connectivity index (χ4v) is 1.45. The van der Waals surface area contributed by atoms with Crippen molar-refractivity contribution in [1.82, 2.24) is 0 Å². The molecule has 0 heterocycles. The van der Waals surface area contributed by atoms with Crippen LogP contribution in [0.4, 0.5) is 0 Å². The van der Waals surface area contributed by atoms with Crippen LogP contribution in [0.1, 0.15) is 31.9 Å². The molecule has 0 saturated heterocycles. The lowest BCUT2D eigenvalue weighted by Gasteiger charge is -2.07. The fraction of sp³-hybridized carbons (Fsp3) is 0.333. The molecule has 0 aliphatic carbocycles. The molecule has 0 fully saturated rings. The summed E-state index contributed by atoms with van der Waals surface area (Å²) in [4.78, 5) is 0. The zero-order valence-corrected chi connectivity index (χ0v) is 9.65. The van der Waals surface area contributed by atoms with Crippen LogP contribution in [-0.4, -0.2) is 0 Å². The first-order valence-electron chi connectivity index (χ1n) is 4.69. The Balaban J connectivity index is 3.20. The minimum atomic E-state index is 0.489. The molecule has 0 saturated carbocycles. The molecule has 0 radical (unpaired) electrons. The summed E-state index contributed by atoms with van der Waals surface area (Å²) in [5.41, 5.74) is 10.4. The summed E-state index contributed by atoms with van der Waals surface area (Å²) in [5.74, 6) is 0. The van der Waals surface area contributed by atoms with Crippen molar-refractivity contribution in [3.8, 4) is 0 Å². The Kier molecular flexibility index (Phi) is 3.73. The van der Waals surface area contributed by atoms with Crippen molar-refractivity contribution < 1.29 is 0 Å². The monoisotopic (exact) mass is 209 g/mol. The van der Waals surface area contributed by atoms with Crippen molar-refractivity contribution in [2.45, 2.75) is 27.3 Å². The Hall–Kier alpha value is -0.790. The van der Waals surface area contributed by atoms with Crippen molar-refractivity contribution in [2.24, 2.45) is 5.73 Å². The average molecular weight is 210 g/mol. The van der Waals surface area contributed by atoms with Crippen LogP contribution in [0.3, 0.4) is 0 Å². The third-order valence-electron chi connectivity index (χ3n) is 2.45. The van der Waals surface area contributed by atoms with E-state index >= 15 is 0 Å². The van der Waals surface area contributed by atoms with E-state index in [1.54, 1.807) is 0 Å². The molecule has 0 spiro atoms. The first-order chi connectivity index (χ1) is 6.56. The topological polar surface area (TPSA) is 26.0 Å². The van der Waals surface area contributed by atoms with Crippen LogP contribution in [0.25, 0.3) is 5.57 Å². The lowest BCUT2D eigenvalue weighted by molar-refractivity contribution is 1.07. The molecular weight excluding hydrogens is 194 g/mol. The van der Waals surface area contributed by atoms with Gasteiger partial charge in [0, 0.05) is 11.6 Å². The number of nitrogens with two attached hydrogens (primary N) is 1. The summed E-state index contributed by atoms with van der Waals surface area (Å²) in [6, 6.07) is 6.00. The summed E-state index contributed by atoms with van der Waals surface area (Å²) in [6.07, 6.45) is 0. The molecule has 0 aliphatic rings. The highest BCUT2D eigenvalue weighted by atomic mass is 35.5. The van der Waals surface area contributed by atoms with Gasteiger partial charge in [0.2, 0.25) is 0 Å². The molecule has 76 valence electrons. The predicted octanol–water partition coefficient (Wildman–Crippen LogP) is 3.61. The fourth-order valence-electron chi connectivity index (χ4n) is 1.25. The Bertz CT molecular complexity index is 363. The largest absolute Gasteiger partial charge is 0.326 e. The Morgan fingerprint density at radius 2 is 1.93 bits per heavy atom. The Morgan fingerprint density at radius 3 is 2.43 bits per heavy atom. The van der Waals surface area contributed by atoms with Crippen LogP contribution >= 0.6 is 11.6 Å². The van der Waals surface area contributed by atoms with E-state index < -0.39 is 0 Å². The van der Waals surface area contributed by atoms with Gasteiger partial charge in [0.25, 0.3) is 0 Å². The molecule has 0 unspecified atom stereocenters. The van der Waals surface area contributed by atoms with E-state index in [1.165, 1.54) is 16.7 Å². The normalized spacial score (nSPS) is 10.1. The van der Waals surface area contributed by atoms with Crippen molar-refractivity contribution in [3.05, 3.63) is 39.9 Å². The van der Waals surface area contributed by atoms with Crippen LogP contribution in [0.2, 0.25) is 5.02 Å². The zero-order valence-electron chi connectivity index (χ0n) is 8.89. The average Bonchev–Trinajstić information content (AvgIpc) is 2.17. The SMILES string of the molecule is CC(C)=C(C)c1ccc(Cl)c(CN)c1. The van der Waals surface area contributed by atoms with Crippen molar-refractivity contribution in [1.29, 1.82) is 0 Å². The van der Waals surface area contributed by atoms with Gasteiger partial charge < -0.3 is 5.73 Å². The van der Waals surface area contributed by atoms with E-state index in [1.807, 2.05) is 12.1 Å². The van der Waals surface area contributed by atoms with E-state index in [9.17, 15) is 0 Å². The van der Waals surface area contributed by atoms with Crippen molar-refractivity contribution >= 4 is 17.2 Å². The molecule has 1 rings (SSSR count). The minimum absolute atomic E-state index is 0.489. The maximum absolute atomic E-state index is 5.98. The van der Waals surface area contributed by atoms with Gasteiger partial charge in [0.1, 0.15) is 0 Å². The number of hydrogen-bond acceptors (Lipinski definition) is 1. The molecule has 2 heteroatoms. The number of allylic oxidation sites excluding steroid dienone is 2. The van der Waals surface area contributed by atoms with Crippen molar-refractivity contribution in [2.75, 3.05) is 0 Å². The van der Waals surface area contributed by atoms with Crippen LogP contribution in [-0.2, 0) is 6.54 Å². The van der Waals surface area contributed by atoms with Gasteiger partial charge in [-0.25, -0.2) is 0 Å². The number of benzene rings is 1. The Labute approximate surface area is 90.6 Å². The van der Waals surface area contributed by atoms with E-state index in [4.69, 9.17) is 17.3 Å². The van der Waals surface area contributed by atoms with Gasteiger partial charge in [-0.1, -0.05) is 23.2 Å². The van der Waals surface area contributed by atoms with E-state index in [0.717, 1.165) is 10.6 Å². The van der Waals surface area contributed by atoms with Gasteiger partial charge in [0.05, 0.1) is 0 Å². The predicted molar refractivity (Wildman–Crippen MR) is 63.3 cm³/mol. The highest BCUT2D eigenvalue weighted by molar-refractivity contribution is 6.31. The highest BCUT2D eigenvalue weighted by Gasteiger charge is 2.02. The molecule has 1 aromatic rings. The lowest BCUT2D eigenvalue weighted by Crippen LogP contribution is -1.98. The molecular formula is C12H16ClN. The molecule has 0 aliphatic heterocycles. The molecule has 0 amide bonds. The van der Waals surface area contributed by atoms with E-state index in [-0.39, 0.29) is 0 Å². The summed E-state index contributed by atoms with van der Waals surface area (Å²) in [5, 5.41) is 0.748. The van der Waals surface area contributed by atoms with Gasteiger partial charge in [-0.05, 0) is 49.6 Å². The van der Waals surface area contributed by atoms with Crippen LogP contribution in [0, 0.1) is 0 Å². The van der Waals surface area contributed by atoms with Gasteiger partial charge in [0.15, 0.2) is 0 Å². The number of rotatable bonds is 2. The maximum Gasteiger partial charge on any atom is 0.0451 e. The first kappa shape index (κ1) is 11.3. The zero-order chi connectivity index (χ0) is 10.7. The summed E-state index contributed by atoms with van der Waals surface area (Å²) in [7, 11) is 0. The number of hydrogen-bond donors (Lipinski definition) is 1. The number of halogens is 1. The molecule has 1 nitrogen and oxygen atoms in total. The summed E-state index contributed by atoms with van der Waals surface area (Å²) >= 11 is 5.98. The Morgan fingerprint density at radius 1 is 1.29 bits per heavy atom. The van der Waals surface area contributed by atoms with Crippen LogP contribution < -0.4 is 5.73 Å². The standard InChI is InChI=1S/C12H16ClN/c1-8(2)9(3)10-4-5-12(13)11(6-10)7-14/h4-6H,7,14H2,1-3H3. The van der Waals surface area contributed by atoms with Crippen LogP contribution in [0.15, 0.2) is 23.8 Å². The highest BCUT2D eigenvalue weighted by Crippen LogP contribution is 2.23. The van der Waals surface area contributed by atoms with Crippen molar-refractivity contribution in [3.63, 3.8) is 0 Å². The van der Waals surface area contributed by atoms with Gasteiger partial charge in [-0.15, -0.1) is 0 Å². The quantitative estimate of drug-likeness (QED) is 0.791. The smallest absolute Gasteiger partial charge is 0.0451 e. The summed E-state index contributed by atoms with van der Waals surface area (Å²) in [6.45, 7) is 6.81. The molecule has 0 aromatic heterocycles. The molecule has 14 heavy (non-hydrogen) atoms. The lowest BCUT2D eigenvalue weighted by atomic mass is 10.0. The maximum atomic E-state index is 5.98. The van der Waals surface area contributed by atoms with E-state index in [0.29, 0.717) is 6.54 Å².